The fraction of sp³-hybridized carbons (Fsp3) is 0.211. The van der Waals surface area contributed by atoms with Crippen LogP contribution in [0.2, 0.25) is 0 Å². The van der Waals surface area contributed by atoms with Crippen molar-refractivity contribution in [3.05, 3.63) is 54.6 Å². The van der Waals surface area contributed by atoms with E-state index in [1.54, 1.807) is 6.92 Å². The fourth-order valence-corrected chi connectivity index (χ4v) is 3.22. The Hall–Kier alpha value is -2.80. The molecule has 0 aliphatic rings. The minimum Gasteiger partial charge on any atom is -0.494 e. The van der Waals surface area contributed by atoms with Crippen molar-refractivity contribution in [1.82, 2.24) is 14.8 Å². The molecule has 134 valence electrons. The van der Waals surface area contributed by atoms with Crippen molar-refractivity contribution in [2.45, 2.75) is 24.3 Å². The molecule has 1 unspecified atom stereocenters. The summed E-state index contributed by atoms with van der Waals surface area (Å²) < 4.78 is 7.36. The molecule has 0 saturated carbocycles. The predicted octanol–water partition coefficient (Wildman–Crippen LogP) is 3.90. The Morgan fingerprint density at radius 3 is 2.46 bits per heavy atom. The molecule has 6 nitrogen and oxygen atoms in total. The van der Waals surface area contributed by atoms with Gasteiger partial charge in [0.05, 0.1) is 6.61 Å². The van der Waals surface area contributed by atoms with Gasteiger partial charge in [0.1, 0.15) is 11.0 Å². The highest BCUT2D eigenvalue weighted by Crippen LogP contribution is 2.30. The molecule has 0 amide bonds. The number of hydrogen-bond donors (Lipinski definition) is 1. The fourth-order valence-electron chi connectivity index (χ4n) is 2.42. The second-order valence-corrected chi connectivity index (χ2v) is 6.84. The smallest absolute Gasteiger partial charge is 0.316 e. The average Bonchev–Trinajstić information content (AvgIpc) is 3.06. The SMILES string of the molecule is CCOc1ccc(-c2nnc(SC(C)C(=O)O)n2-c2ccccc2)cc1. The van der Waals surface area contributed by atoms with Crippen molar-refractivity contribution >= 4 is 17.7 Å². The highest BCUT2D eigenvalue weighted by Gasteiger charge is 2.21. The van der Waals surface area contributed by atoms with E-state index in [-0.39, 0.29) is 0 Å². The van der Waals surface area contributed by atoms with Gasteiger partial charge in [-0.15, -0.1) is 10.2 Å². The molecule has 7 heteroatoms. The zero-order valence-electron chi connectivity index (χ0n) is 14.5. The van der Waals surface area contributed by atoms with Crippen molar-refractivity contribution < 1.29 is 14.6 Å². The number of carbonyl (C=O) groups is 1. The molecule has 0 aliphatic heterocycles. The summed E-state index contributed by atoms with van der Waals surface area (Å²) in [4.78, 5) is 11.2. The van der Waals surface area contributed by atoms with Gasteiger partial charge in [-0.3, -0.25) is 9.36 Å². The highest BCUT2D eigenvalue weighted by molar-refractivity contribution is 8.00. The number of nitrogens with zero attached hydrogens (tertiary/aromatic N) is 3. The number of benzene rings is 2. The van der Waals surface area contributed by atoms with Crippen LogP contribution in [0.4, 0.5) is 0 Å². The molecule has 0 aliphatic carbocycles. The number of carboxylic acid groups (broad SMARTS) is 1. The summed E-state index contributed by atoms with van der Waals surface area (Å²) in [6, 6.07) is 17.3. The van der Waals surface area contributed by atoms with Gasteiger partial charge >= 0.3 is 5.97 Å². The molecule has 1 atom stereocenters. The summed E-state index contributed by atoms with van der Waals surface area (Å²) >= 11 is 1.17. The lowest BCUT2D eigenvalue weighted by molar-refractivity contribution is -0.136. The number of thioether (sulfide) groups is 1. The first-order valence-corrected chi connectivity index (χ1v) is 9.11. The van der Waals surface area contributed by atoms with Gasteiger partial charge in [0.25, 0.3) is 0 Å². The Morgan fingerprint density at radius 2 is 1.85 bits per heavy atom. The molecule has 3 rings (SSSR count). The standard InChI is InChI=1S/C19H19N3O3S/c1-3-25-16-11-9-14(10-12-16)17-20-21-19(26-13(2)18(23)24)22(17)15-7-5-4-6-8-15/h4-13H,3H2,1-2H3,(H,23,24). The molecule has 26 heavy (non-hydrogen) atoms. The van der Waals surface area contributed by atoms with Gasteiger partial charge in [0.2, 0.25) is 0 Å². The van der Waals surface area contributed by atoms with E-state index in [0.29, 0.717) is 17.6 Å². The average molecular weight is 369 g/mol. The topological polar surface area (TPSA) is 77.2 Å². The molecule has 0 fully saturated rings. The Kier molecular flexibility index (Phi) is 5.58. The Bertz CT molecular complexity index is 879. The maximum atomic E-state index is 11.2. The minimum atomic E-state index is -0.889. The van der Waals surface area contributed by atoms with Gasteiger partial charge in [-0.05, 0) is 50.2 Å². The normalized spacial score (nSPS) is 11.9. The van der Waals surface area contributed by atoms with Crippen molar-refractivity contribution in [2.24, 2.45) is 0 Å². The molecule has 0 bridgehead atoms. The number of ether oxygens (including phenoxy) is 1. The Morgan fingerprint density at radius 1 is 1.15 bits per heavy atom. The monoisotopic (exact) mass is 369 g/mol. The first-order valence-electron chi connectivity index (χ1n) is 8.23. The van der Waals surface area contributed by atoms with Crippen LogP contribution < -0.4 is 4.74 Å². The second kappa shape index (κ2) is 8.05. The van der Waals surface area contributed by atoms with E-state index in [9.17, 15) is 9.90 Å². The van der Waals surface area contributed by atoms with Gasteiger partial charge in [-0.1, -0.05) is 30.0 Å². The quantitative estimate of drug-likeness (QED) is 0.637. The van der Waals surface area contributed by atoms with Crippen LogP contribution in [0.1, 0.15) is 13.8 Å². The van der Waals surface area contributed by atoms with Gasteiger partial charge in [0, 0.05) is 11.3 Å². The maximum Gasteiger partial charge on any atom is 0.316 e. The van der Waals surface area contributed by atoms with Crippen molar-refractivity contribution in [3.8, 4) is 22.8 Å². The van der Waals surface area contributed by atoms with E-state index in [0.717, 1.165) is 17.0 Å². The van der Waals surface area contributed by atoms with Crippen LogP contribution in [0.5, 0.6) is 5.75 Å². The number of rotatable bonds is 7. The van der Waals surface area contributed by atoms with E-state index in [2.05, 4.69) is 10.2 Å². The van der Waals surface area contributed by atoms with E-state index >= 15 is 0 Å². The van der Waals surface area contributed by atoms with Gasteiger partial charge in [-0.2, -0.15) is 0 Å². The van der Waals surface area contributed by atoms with E-state index in [4.69, 9.17) is 4.74 Å². The van der Waals surface area contributed by atoms with Crippen LogP contribution in [-0.4, -0.2) is 37.7 Å². The lowest BCUT2D eigenvalue weighted by atomic mass is 10.2. The lowest BCUT2D eigenvalue weighted by Gasteiger charge is -2.12. The summed E-state index contributed by atoms with van der Waals surface area (Å²) in [5, 5.41) is 17.7. The zero-order valence-corrected chi connectivity index (χ0v) is 15.3. The summed E-state index contributed by atoms with van der Waals surface area (Å²) in [7, 11) is 0. The number of aromatic nitrogens is 3. The molecule has 2 aromatic carbocycles. The van der Waals surface area contributed by atoms with Crippen LogP contribution in [0.25, 0.3) is 17.1 Å². The van der Waals surface area contributed by atoms with Crippen LogP contribution in [0.3, 0.4) is 0 Å². The molecule has 1 N–H and O–H groups in total. The van der Waals surface area contributed by atoms with Crippen molar-refractivity contribution in [1.29, 1.82) is 0 Å². The maximum absolute atomic E-state index is 11.2. The second-order valence-electron chi connectivity index (χ2n) is 5.53. The third kappa shape index (κ3) is 3.88. The van der Waals surface area contributed by atoms with E-state index < -0.39 is 11.2 Å². The van der Waals surface area contributed by atoms with Crippen LogP contribution >= 0.6 is 11.8 Å². The number of para-hydroxylation sites is 1. The van der Waals surface area contributed by atoms with Crippen molar-refractivity contribution in [3.63, 3.8) is 0 Å². The number of aliphatic carboxylic acids is 1. The highest BCUT2D eigenvalue weighted by atomic mass is 32.2. The first-order chi connectivity index (χ1) is 12.6. The largest absolute Gasteiger partial charge is 0.494 e. The summed E-state index contributed by atoms with van der Waals surface area (Å²) in [6.07, 6.45) is 0. The van der Waals surface area contributed by atoms with E-state index in [1.807, 2.05) is 66.1 Å². The molecular formula is C19H19N3O3S. The molecule has 0 spiro atoms. The summed E-state index contributed by atoms with van der Waals surface area (Å²) in [6.45, 7) is 4.17. The zero-order chi connectivity index (χ0) is 18.5. The summed E-state index contributed by atoms with van der Waals surface area (Å²) in [5.41, 5.74) is 1.75. The van der Waals surface area contributed by atoms with Crippen LogP contribution in [0.15, 0.2) is 59.8 Å². The van der Waals surface area contributed by atoms with Crippen LogP contribution in [-0.2, 0) is 4.79 Å². The summed E-state index contributed by atoms with van der Waals surface area (Å²) in [5.74, 6) is 0.552. The minimum absolute atomic E-state index is 0.537. The molecule has 1 aromatic heterocycles. The van der Waals surface area contributed by atoms with E-state index in [1.165, 1.54) is 11.8 Å². The van der Waals surface area contributed by atoms with Crippen LogP contribution in [0, 0.1) is 0 Å². The predicted molar refractivity (Wildman–Crippen MR) is 101 cm³/mol. The molecule has 0 saturated heterocycles. The lowest BCUT2D eigenvalue weighted by Crippen LogP contribution is -2.12. The molecule has 1 heterocycles. The Balaban J connectivity index is 2.05. The first kappa shape index (κ1) is 18.0. The third-order valence-corrected chi connectivity index (χ3v) is 4.73. The molecular weight excluding hydrogens is 350 g/mol. The number of carboxylic acids is 1. The van der Waals surface area contributed by atoms with Gasteiger partial charge in [-0.25, -0.2) is 0 Å². The van der Waals surface area contributed by atoms with Gasteiger partial charge < -0.3 is 9.84 Å². The number of hydrogen-bond acceptors (Lipinski definition) is 5. The van der Waals surface area contributed by atoms with Gasteiger partial charge in [0.15, 0.2) is 11.0 Å². The molecule has 3 aromatic rings. The third-order valence-electron chi connectivity index (χ3n) is 3.70. The van der Waals surface area contributed by atoms with Crippen molar-refractivity contribution in [2.75, 3.05) is 6.61 Å². The Labute approximate surface area is 155 Å². The molecule has 0 radical (unpaired) electrons.